The summed E-state index contributed by atoms with van der Waals surface area (Å²) in [6.45, 7) is 2.24. The minimum Gasteiger partial charge on any atom is -0.370 e. The first-order chi connectivity index (χ1) is 9.36. The van der Waals surface area contributed by atoms with Crippen molar-refractivity contribution in [3.8, 4) is 6.07 Å². The number of anilines is 1. The van der Waals surface area contributed by atoms with Crippen LogP contribution < -0.4 is 5.32 Å². The lowest BCUT2D eigenvalue weighted by Crippen LogP contribution is -2.16. The van der Waals surface area contributed by atoms with Gasteiger partial charge in [0.05, 0.1) is 6.07 Å². The van der Waals surface area contributed by atoms with Crippen molar-refractivity contribution in [1.82, 2.24) is 0 Å². The van der Waals surface area contributed by atoms with E-state index in [2.05, 4.69) is 18.3 Å². The van der Waals surface area contributed by atoms with Crippen molar-refractivity contribution in [1.29, 1.82) is 5.26 Å². The summed E-state index contributed by atoms with van der Waals surface area (Å²) < 4.78 is 0. The van der Waals surface area contributed by atoms with E-state index in [0.29, 0.717) is 0 Å². The lowest BCUT2D eigenvalue weighted by Gasteiger charge is -2.12. The maximum absolute atomic E-state index is 9.15. The van der Waals surface area contributed by atoms with Crippen LogP contribution in [-0.4, -0.2) is 6.04 Å². The van der Waals surface area contributed by atoms with Gasteiger partial charge in [0.1, 0.15) is 6.04 Å². The zero-order valence-electron chi connectivity index (χ0n) is 12.1. The predicted octanol–water partition coefficient (Wildman–Crippen LogP) is 5.13. The molecule has 0 aliphatic heterocycles. The topological polar surface area (TPSA) is 35.8 Å². The summed E-state index contributed by atoms with van der Waals surface area (Å²) in [4.78, 5) is 0. The molecule has 0 spiro atoms. The van der Waals surface area contributed by atoms with E-state index in [-0.39, 0.29) is 6.04 Å². The van der Waals surface area contributed by atoms with Crippen LogP contribution in [0.5, 0.6) is 0 Å². The third-order valence-electron chi connectivity index (χ3n) is 3.37. The molecule has 0 aromatic heterocycles. The van der Waals surface area contributed by atoms with Crippen molar-refractivity contribution in [2.45, 2.75) is 64.3 Å². The second kappa shape index (κ2) is 10.4. The first kappa shape index (κ1) is 15.6. The van der Waals surface area contributed by atoms with Crippen LogP contribution in [0.4, 0.5) is 5.69 Å². The molecule has 0 saturated carbocycles. The normalized spacial score (nSPS) is 11.8. The fraction of sp³-hybridized carbons (Fsp3) is 0.588. The zero-order chi connectivity index (χ0) is 13.8. The van der Waals surface area contributed by atoms with Gasteiger partial charge < -0.3 is 5.32 Å². The minimum atomic E-state index is -0.0574. The zero-order valence-corrected chi connectivity index (χ0v) is 12.1. The molecule has 2 nitrogen and oxygen atoms in total. The molecule has 104 valence electrons. The Morgan fingerprint density at radius 1 is 1.00 bits per heavy atom. The molecular weight excluding hydrogens is 232 g/mol. The van der Waals surface area contributed by atoms with Gasteiger partial charge in [-0.2, -0.15) is 5.26 Å². The summed E-state index contributed by atoms with van der Waals surface area (Å²) in [6, 6.07) is 12.3. The van der Waals surface area contributed by atoms with Gasteiger partial charge in [0, 0.05) is 5.69 Å². The molecule has 1 N–H and O–H groups in total. The molecule has 0 saturated heterocycles. The van der Waals surface area contributed by atoms with Crippen LogP contribution in [0.3, 0.4) is 0 Å². The van der Waals surface area contributed by atoms with Gasteiger partial charge in [0.2, 0.25) is 0 Å². The van der Waals surface area contributed by atoms with Gasteiger partial charge in [-0.25, -0.2) is 0 Å². The first-order valence-corrected chi connectivity index (χ1v) is 7.58. The number of rotatable bonds is 10. The molecule has 1 aromatic carbocycles. The summed E-state index contributed by atoms with van der Waals surface area (Å²) in [6.07, 6.45) is 10.0. The highest BCUT2D eigenvalue weighted by Crippen LogP contribution is 2.13. The molecule has 0 amide bonds. The third kappa shape index (κ3) is 7.51. The Labute approximate surface area is 117 Å². The lowest BCUT2D eigenvalue weighted by molar-refractivity contribution is 0.569. The molecule has 2 heteroatoms. The van der Waals surface area contributed by atoms with E-state index in [4.69, 9.17) is 5.26 Å². The number of hydrogen-bond donors (Lipinski definition) is 1. The number of hydrogen-bond acceptors (Lipinski definition) is 2. The van der Waals surface area contributed by atoms with E-state index in [0.717, 1.165) is 18.5 Å². The van der Waals surface area contributed by atoms with Gasteiger partial charge in [-0.1, -0.05) is 70.1 Å². The summed E-state index contributed by atoms with van der Waals surface area (Å²) >= 11 is 0. The third-order valence-corrected chi connectivity index (χ3v) is 3.37. The van der Waals surface area contributed by atoms with Gasteiger partial charge in [0.15, 0.2) is 0 Å². The van der Waals surface area contributed by atoms with Gasteiger partial charge in [-0.15, -0.1) is 0 Å². The van der Waals surface area contributed by atoms with Crippen molar-refractivity contribution in [2.75, 3.05) is 5.32 Å². The van der Waals surface area contributed by atoms with Crippen LogP contribution >= 0.6 is 0 Å². The van der Waals surface area contributed by atoms with Crippen molar-refractivity contribution < 1.29 is 0 Å². The van der Waals surface area contributed by atoms with E-state index >= 15 is 0 Å². The molecule has 19 heavy (non-hydrogen) atoms. The fourth-order valence-electron chi connectivity index (χ4n) is 2.21. The van der Waals surface area contributed by atoms with E-state index in [1.54, 1.807) is 0 Å². The number of para-hydroxylation sites is 1. The summed E-state index contributed by atoms with van der Waals surface area (Å²) in [5, 5.41) is 12.4. The van der Waals surface area contributed by atoms with Crippen molar-refractivity contribution in [2.24, 2.45) is 0 Å². The second-order valence-electron chi connectivity index (χ2n) is 5.10. The second-order valence-corrected chi connectivity index (χ2v) is 5.10. The molecule has 1 atom stereocenters. The minimum absolute atomic E-state index is 0.0574. The standard InChI is InChI=1S/C17H26N2/c1-2-3-4-5-6-7-9-14-17(15-18)19-16-12-10-8-11-13-16/h8,10-13,17,19H,2-7,9,14H2,1H3. The summed E-state index contributed by atoms with van der Waals surface area (Å²) in [7, 11) is 0. The molecule has 0 aliphatic rings. The van der Waals surface area contributed by atoms with E-state index < -0.39 is 0 Å². The smallest absolute Gasteiger partial charge is 0.114 e. The molecule has 0 bridgehead atoms. The maximum Gasteiger partial charge on any atom is 0.114 e. The molecule has 0 radical (unpaired) electrons. The Hall–Kier alpha value is -1.49. The fourth-order valence-corrected chi connectivity index (χ4v) is 2.21. The Balaban J connectivity index is 2.11. The number of unbranched alkanes of at least 4 members (excludes halogenated alkanes) is 6. The molecule has 1 aromatic rings. The molecule has 1 rings (SSSR count). The van der Waals surface area contributed by atoms with Gasteiger partial charge >= 0.3 is 0 Å². The summed E-state index contributed by atoms with van der Waals surface area (Å²) in [5.74, 6) is 0. The maximum atomic E-state index is 9.15. The Bertz CT molecular complexity index is 353. The highest BCUT2D eigenvalue weighted by molar-refractivity contribution is 5.44. The molecule has 0 heterocycles. The summed E-state index contributed by atoms with van der Waals surface area (Å²) in [5.41, 5.74) is 1.04. The highest BCUT2D eigenvalue weighted by Gasteiger charge is 2.06. The van der Waals surface area contributed by atoms with Crippen LogP contribution in [0.1, 0.15) is 58.3 Å². The quantitative estimate of drug-likeness (QED) is 0.590. The largest absolute Gasteiger partial charge is 0.370 e. The molecular formula is C17H26N2. The van der Waals surface area contributed by atoms with Crippen molar-refractivity contribution in [3.05, 3.63) is 30.3 Å². The van der Waals surface area contributed by atoms with Crippen LogP contribution in [0.25, 0.3) is 0 Å². The monoisotopic (exact) mass is 258 g/mol. The number of nitriles is 1. The van der Waals surface area contributed by atoms with Crippen LogP contribution in [0, 0.1) is 11.3 Å². The van der Waals surface area contributed by atoms with Crippen LogP contribution in [0.2, 0.25) is 0 Å². The molecule has 1 unspecified atom stereocenters. The Morgan fingerprint density at radius 2 is 1.63 bits per heavy atom. The van der Waals surface area contributed by atoms with E-state index in [1.165, 1.54) is 38.5 Å². The van der Waals surface area contributed by atoms with Gasteiger partial charge in [-0.05, 0) is 18.6 Å². The highest BCUT2D eigenvalue weighted by atomic mass is 14.9. The SMILES string of the molecule is CCCCCCCCCC(C#N)Nc1ccccc1. The molecule has 0 fully saturated rings. The Kier molecular flexibility index (Phi) is 8.55. The Morgan fingerprint density at radius 3 is 2.26 bits per heavy atom. The predicted molar refractivity (Wildman–Crippen MR) is 82.1 cm³/mol. The average Bonchev–Trinajstić information content (AvgIpc) is 2.46. The van der Waals surface area contributed by atoms with Crippen molar-refractivity contribution >= 4 is 5.69 Å². The van der Waals surface area contributed by atoms with E-state index in [1.807, 2.05) is 30.3 Å². The first-order valence-electron chi connectivity index (χ1n) is 7.58. The van der Waals surface area contributed by atoms with Crippen molar-refractivity contribution in [3.63, 3.8) is 0 Å². The number of nitrogens with one attached hydrogen (secondary N) is 1. The van der Waals surface area contributed by atoms with Gasteiger partial charge in [0.25, 0.3) is 0 Å². The number of nitrogens with zero attached hydrogens (tertiary/aromatic N) is 1. The van der Waals surface area contributed by atoms with E-state index in [9.17, 15) is 0 Å². The number of benzene rings is 1. The van der Waals surface area contributed by atoms with Crippen LogP contribution in [0.15, 0.2) is 30.3 Å². The lowest BCUT2D eigenvalue weighted by atomic mass is 10.1. The molecule has 0 aliphatic carbocycles. The van der Waals surface area contributed by atoms with Gasteiger partial charge in [-0.3, -0.25) is 0 Å². The van der Waals surface area contributed by atoms with Crippen LogP contribution in [-0.2, 0) is 0 Å². The average molecular weight is 258 g/mol.